The molecule has 1 N–H and O–H groups in total. The zero-order chi connectivity index (χ0) is 9.80. The Hall–Kier alpha value is -0.300. The minimum atomic E-state index is 0.852. The number of nitrogens with one attached hydrogen (secondary N) is 1. The van der Waals surface area contributed by atoms with Crippen LogP contribution >= 0.6 is 0 Å². The molecular formula is C13H23N. The van der Waals surface area contributed by atoms with Crippen molar-refractivity contribution in [2.24, 2.45) is 5.92 Å². The van der Waals surface area contributed by atoms with Gasteiger partial charge < -0.3 is 5.32 Å². The fourth-order valence-corrected chi connectivity index (χ4v) is 2.35. The van der Waals surface area contributed by atoms with Crippen LogP contribution in [0, 0.1) is 5.92 Å². The van der Waals surface area contributed by atoms with Gasteiger partial charge in [-0.25, -0.2) is 0 Å². The summed E-state index contributed by atoms with van der Waals surface area (Å²) in [6, 6.07) is 0.852. The molecule has 2 aliphatic carbocycles. The molecule has 80 valence electrons. The molecule has 0 saturated heterocycles. The van der Waals surface area contributed by atoms with Gasteiger partial charge in [0.15, 0.2) is 0 Å². The van der Waals surface area contributed by atoms with Gasteiger partial charge in [0, 0.05) is 12.6 Å². The van der Waals surface area contributed by atoms with E-state index in [-0.39, 0.29) is 0 Å². The van der Waals surface area contributed by atoms with E-state index >= 15 is 0 Å². The summed E-state index contributed by atoms with van der Waals surface area (Å²) >= 11 is 0. The molecule has 0 bridgehead atoms. The molecule has 2 aliphatic rings. The van der Waals surface area contributed by atoms with Crippen LogP contribution in [0.4, 0.5) is 0 Å². The van der Waals surface area contributed by atoms with Gasteiger partial charge in [0.2, 0.25) is 0 Å². The molecule has 1 nitrogen and oxygen atoms in total. The van der Waals surface area contributed by atoms with Crippen LogP contribution in [0.15, 0.2) is 11.6 Å². The van der Waals surface area contributed by atoms with Crippen molar-refractivity contribution in [3.8, 4) is 0 Å². The number of hydrogen-bond acceptors (Lipinski definition) is 1. The monoisotopic (exact) mass is 193 g/mol. The smallest absolute Gasteiger partial charge is 0.0164 e. The predicted molar refractivity (Wildman–Crippen MR) is 61.4 cm³/mol. The molecule has 0 aromatic carbocycles. The van der Waals surface area contributed by atoms with E-state index in [4.69, 9.17) is 0 Å². The summed E-state index contributed by atoms with van der Waals surface area (Å²) in [5.41, 5.74) is 1.56. The Morgan fingerprint density at radius 2 is 1.86 bits per heavy atom. The molecule has 0 aromatic heterocycles. The Labute approximate surface area is 88.0 Å². The van der Waals surface area contributed by atoms with E-state index in [2.05, 4.69) is 18.3 Å². The molecule has 1 heteroatoms. The lowest BCUT2D eigenvalue weighted by Crippen LogP contribution is -2.19. The van der Waals surface area contributed by atoms with Crippen LogP contribution in [0.25, 0.3) is 0 Å². The molecule has 0 spiro atoms. The molecule has 2 fully saturated rings. The molecule has 0 aliphatic heterocycles. The van der Waals surface area contributed by atoms with Gasteiger partial charge in [-0.15, -0.1) is 0 Å². The van der Waals surface area contributed by atoms with E-state index in [1.165, 1.54) is 44.9 Å². The Kier molecular flexibility index (Phi) is 3.63. The van der Waals surface area contributed by atoms with Crippen molar-refractivity contribution in [2.45, 2.75) is 57.9 Å². The second-order valence-corrected chi connectivity index (χ2v) is 5.07. The maximum atomic E-state index is 3.58. The molecule has 0 amide bonds. The molecule has 0 atom stereocenters. The van der Waals surface area contributed by atoms with E-state index in [0.29, 0.717) is 0 Å². The molecule has 14 heavy (non-hydrogen) atoms. The molecule has 0 heterocycles. The highest BCUT2D eigenvalue weighted by Gasteiger charge is 2.20. The molecule has 0 unspecified atom stereocenters. The van der Waals surface area contributed by atoms with Crippen LogP contribution in [-0.4, -0.2) is 12.6 Å². The summed E-state index contributed by atoms with van der Waals surface area (Å²) < 4.78 is 0. The highest BCUT2D eigenvalue weighted by Crippen LogP contribution is 2.25. The van der Waals surface area contributed by atoms with Gasteiger partial charge in [-0.05, 0) is 38.5 Å². The minimum absolute atomic E-state index is 0.852. The standard InChI is InChI=1S/C13H23N/c1-11(10-14-13-7-8-13)9-12-5-3-2-4-6-12/h9,12-14H,2-8,10H2,1H3. The van der Waals surface area contributed by atoms with Gasteiger partial charge in [0.1, 0.15) is 0 Å². The molecule has 0 aromatic rings. The van der Waals surface area contributed by atoms with Crippen molar-refractivity contribution in [3.63, 3.8) is 0 Å². The van der Waals surface area contributed by atoms with E-state index in [0.717, 1.165) is 18.5 Å². The van der Waals surface area contributed by atoms with Gasteiger partial charge >= 0.3 is 0 Å². The van der Waals surface area contributed by atoms with Gasteiger partial charge in [-0.2, -0.15) is 0 Å². The van der Waals surface area contributed by atoms with Crippen molar-refractivity contribution >= 4 is 0 Å². The van der Waals surface area contributed by atoms with E-state index in [1.54, 1.807) is 5.57 Å². The zero-order valence-corrected chi connectivity index (χ0v) is 9.39. The summed E-state index contributed by atoms with van der Waals surface area (Å²) in [7, 11) is 0. The van der Waals surface area contributed by atoms with Crippen molar-refractivity contribution in [1.82, 2.24) is 5.32 Å². The van der Waals surface area contributed by atoms with E-state index in [1.807, 2.05) is 0 Å². The fraction of sp³-hybridized carbons (Fsp3) is 0.846. The van der Waals surface area contributed by atoms with Crippen LogP contribution in [0.5, 0.6) is 0 Å². The Morgan fingerprint density at radius 1 is 1.14 bits per heavy atom. The summed E-state index contributed by atoms with van der Waals surface area (Å²) in [6.45, 7) is 3.41. The first-order valence-corrected chi connectivity index (χ1v) is 6.25. The average Bonchev–Trinajstić information content (AvgIpc) is 3.00. The van der Waals surface area contributed by atoms with Crippen LogP contribution in [0.2, 0.25) is 0 Å². The number of allylic oxidation sites excluding steroid dienone is 1. The molecule has 2 saturated carbocycles. The van der Waals surface area contributed by atoms with Crippen molar-refractivity contribution in [2.75, 3.05) is 6.54 Å². The Bertz CT molecular complexity index is 197. The van der Waals surface area contributed by atoms with Gasteiger partial charge in [0.05, 0.1) is 0 Å². The second-order valence-electron chi connectivity index (χ2n) is 5.07. The number of rotatable bonds is 4. The Balaban J connectivity index is 1.70. The quantitative estimate of drug-likeness (QED) is 0.676. The lowest BCUT2D eigenvalue weighted by molar-refractivity contribution is 0.417. The summed E-state index contributed by atoms with van der Waals surface area (Å²) in [6.07, 6.45) is 12.5. The first-order valence-electron chi connectivity index (χ1n) is 6.25. The van der Waals surface area contributed by atoms with Crippen molar-refractivity contribution in [3.05, 3.63) is 11.6 Å². The minimum Gasteiger partial charge on any atom is -0.310 e. The largest absolute Gasteiger partial charge is 0.310 e. The third-order valence-electron chi connectivity index (χ3n) is 3.42. The van der Waals surface area contributed by atoms with Gasteiger partial charge in [-0.3, -0.25) is 0 Å². The highest BCUT2D eigenvalue weighted by molar-refractivity contribution is 5.04. The summed E-state index contributed by atoms with van der Waals surface area (Å²) in [4.78, 5) is 0. The summed E-state index contributed by atoms with van der Waals surface area (Å²) in [5, 5.41) is 3.58. The first kappa shape index (κ1) is 10.2. The van der Waals surface area contributed by atoms with Crippen molar-refractivity contribution < 1.29 is 0 Å². The van der Waals surface area contributed by atoms with Crippen LogP contribution in [0.3, 0.4) is 0 Å². The predicted octanol–water partition coefficient (Wildman–Crippen LogP) is 3.27. The van der Waals surface area contributed by atoms with Gasteiger partial charge in [0.25, 0.3) is 0 Å². The third-order valence-corrected chi connectivity index (χ3v) is 3.42. The molecule has 2 rings (SSSR count). The first-order chi connectivity index (χ1) is 6.84. The third kappa shape index (κ3) is 3.45. The lowest BCUT2D eigenvalue weighted by atomic mass is 9.88. The zero-order valence-electron chi connectivity index (χ0n) is 9.39. The molecule has 0 radical (unpaired) electrons. The fourth-order valence-electron chi connectivity index (χ4n) is 2.35. The Morgan fingerprint density at radius 3 is 2.50 bits per heavy atom. The maximum absolute atomic E-state index is 3.58. The summed E-state index contributed by atoms with van der Waals surface area (Å²) in [5.74, 6) is 0.893. The van der Waals surface area contributed by atoms with E-state index < -0.39 is 0 Å². The number of hydrogen-bond donors (Lipinski definition) is 1. The van der Waals surface area contributed by atoms with Crippen LogP contribution < -0.4 is 5.32 Å². The lowest BCUT2D eigenvalue weighted by Gasteiger charge is -2.19. The van der Waals surface area contributed by atoms with Crippen LogP contribution in [0.1, 0.15) is 51.9 Å². The van der Waals surface area contributed by atoms with Crippen LogP contribution in [-0.2, 0) is 0 Å². The highest BCUT2D eigenvalue weighted by atomic mass is 14.9. The topological polar surface area (TPSA) is 12.0 Å². The normalized spacial score (nSPS) is 25.4. The molecular weight excluding hydrogens is 170 g/mol. The van der Waals surface area contributed by atoms with E-state index in [9.17, 15) is 0 Å². The van der Waals surface area contributed by atoms with Crippen molar-refractivity contribution in [1.29, 1.82) is 0 Å². The second kappa shape index (κ2) is 4.97. The maximum Gasteiger partial charge on any atom is 0.0164 e. The SMILES string of the molecule is CC(=CC1CCCCC1)CNC1CC1. The average molecular weight is 193 g/mol. The van der Waals surface area contributed by atoms with Gasteiger partial charge in [-0.1, -0.05) is 30.9 Å².